The van der Waals surface area contributed by atoms with Gasteiger partial charge in [0.25, 0.3) is 0 Å². The van der Waals surface area contributed by atoms with E-state index >= 15 is 0 Å². The molecular weight excluding hydrogens is 281 g/mol. The van der Waals surface area contributed by atoms with Gasteiger partial charge in [-0.1, -0.05) is 11.6 Å². The lowest BCUT2D eigenvalue weighted by Gasteiger charge is -2.14. The van der Waals surface area contributed by atoms with Crippen LogP contribution in [0.15, 0.2) is 18.2 Å². The van der Waals surface area contributed by atoms with Crippen molar-refractivity contribution in [2.24, 2.45) is 0 Å². The average molecular weight is 293 g/mol. The summed E-state index contributed by atoms with van der Waals surface area (Å²) in [4.78, 5) is 11.8. The summed E-state index contributed by atoms with van der Waals surface area (Å²) < 4.78 is 38.0. The molecule has 1 heterocycles. The number of carbonyl (C=O) groups excluding carboxylic acids is 1. The molecule has 0 unspecified atom stereocenters. The Hall–Kier alpha value is -1.27. The number of hydrogen-bond donors (Lipinski definition) is 2. The smallest absolute Gasteiger partial charge is 0.325 e. The topological polar surface area (TPSA) is 41.1 Å². The van der Waals surface area contributed by atoms with Crippen molar-refractivity contribution in [3.8, 4) is 0 Å². The summed E-state index contributed by atoms with van der Waals surface area (Å²) in [5, 5.41) is 5.05. The molecule has 1 aromatic carbocycles. The molecule has 1 atom stereocenters. The Kier molecular flexibility index (Phi) is 4.01. The fraction of sp³-hybridized carbons (Fsp3) is 0.417. The molecule has 0 spiro atoms. The molecule has 0 aromatic heterocycles. The van der Waals surface area contributed by atoms with Crippen LogP contribution in [0.4, 0.5) is 18.9 Å². The van der Waals surface area contributed by atoms with E-state index < -0.39 is 11.7 Å². The molecule has 1 aliphatic heterocycles. The normalized spacial score (nSPS) is 19.5. The van der Waals surface area contributed by atoms with Gasteiger partial charge in [0.15, 0.2) is 0 Å². The van der Waals surface area contributed by atoms with Gasteiger partial charge in [-0.3, -0.25) is 4.79 Å². The number of alkyl halides is 3. The zero-order valence-electron chi connectivity index (χ0n) is 9.85. The molecule has 19 heavy (non-hydrogen) atoms. The molecule has 2 rings (SSSR count). The maximum atomic E-state index is 12.7. The third-order valence-corrected chi connectivity index (χ3v) is 3.25. The highest BCUT2D eigenvalue weighted by atomic mass is 35.5. The molecule has 1 aliphatic rings. The molecule has 1 fully saturated rings. The third kappa shape index (κ3) is 3.39. The van der Waals surface area contributed by atoms with Crippen molar-refractivity contribution >= 4 is 23.2 Å². The Labute approximate surface area is 113 Å². The Morgan fingerprint density at radius 3 is 2.74 bits per heavy atom. The molecule has 2 N–H and O–H groups in total. The second kappa shape index (κ2) is 5.38. The first-order valence-corrected chi connectivity index (χ1v) is 6.17. The van der Waals surface area contributed by atoms with Crippen LogP contribution >= 0.6 is 11.6 Å². The molecule has 0 radical (unpaired) electrons. The van der Waals surface area contributed by atoms with Crippen molar-refractivity contribution in [1.29, 1.82) is 0 Å². The maximum absolute atomic E-state index is 12.7. The average Bonchev–Trinajstić information content (AvgIpc) is 2.83. The summed E-state index contributed by atoms with van der Waals surface area (Å²) in [5.74, 6) is -0.326. The van der Waals surface area contributed by atoms with Crippen LogP contribution in [0.25, 0.3) is 0 Å². The van der Waals surface area contributed by atoms with Gasteiger partial charge >= 0.3 is 6.18 Å². The molecule has 0 aliphatic carbocycles. The van der Waals surface area contributed by atoms with Gasteiger partial charge in [0, 0.05) is 5.69 Å². The highest BCUT2D eigenvalue weighted by Crippen LogP contribution is 2.36. The van der Waals surface area contributed by atoms with Gasteiger partial charge in [0.2, 0.25) is 5.91 Å². The van der Waals surface area contributed by atoms with Gasteiger partial charge < -0.3 is 10.6 Å². The Bertz CT molecular complexity index is 484. The SMILES string of the molecule is O=C(Nc1ccc(Cl)c(C(F)(F)F)c1)[C@H]1CCCN1. The highest BCUT2D eigenvalue weighted by Gasteiger charge is 2.33. The van der Waals surface area contributed by atoms with Gasteiger partial charge in [0.05, 0.1) is 16.6 Å². The maximum Gasteiger partial charge on any atom is 0.417 e. The van der Waals surface area contributed by atoms with Crippen LogP contribution in [0.3, 0.4) is 0 Å². The molecule has 1 saturated heterocycles. The van der Waals surface area contributed by atoms with Crippen LogP contribution in [-0.4, -0.2) is 18.5 Å². The molecule has 3 nitrogen and oxygen atoms in total. The van der Waals surface area contributed by atoms with Gasteiger partial charge in [-0.2, -0.15) is 13.2 Å². The van der Waals surface area contributed by atoms with Crippen molar-refractivity contribution in [2.45, 2.75) is 25.1 Å². The van der Waals surface area contributed by atoms with E-state index in [1.165, 1.54) is 6.07 Å². The first-order valence-electron chi connectivity index (χ1n) is 5.79. The van der Waals surface area contributed by atoms with Crippen LogP contribution in [0.1, 0.15) is 18.4 Å². The zero-order valence-corrected chi connectivity index (χ0v) is 10.6. The number of carbonyl (C=O) groups is 1. The largest absolute Gasteiger partial charge is 0.417 e. The third-order valence-electron chi connectivity index (χ3n) is 2.92. The zero-order chi connectivity index (χ0) is 14.0. The number of nitrogens with one attached hydrogen (secondary N) is 2. The van der Waals surface area contributed by atoms with Gasteiger partial charge in [0.1, 0.15) is 0 Å². The van der Waals surface area contributed by atoms with Crippen LogP contribution in [-0.2, 0) is 11.0 Å². The van der Waals surface area contributed by atoms with E-state index in [4.69, 9.17) is 11.6 Å². The molecule has 0 saturated carbocycles. The first-order chi connectivity index (χ1) is 8.88. The summed E-state index contributed by atoms with van der Waals surface area (Å²) in [5.41, 5.74) is -0.859. The number of rotatable bonds is 2. The summed E-state index contributed by atoms with van der Waals surface area (Å²) in [6, 6.07) is 2.98. The summed E-state index contributed by atoms with van der Waals surface area (Å²) in [6.07, 6.45) is -2.97. The predicted molar refractivity (Wildman–Crippen MR) is 66.1 cm³/mol. The lowest BCUT2D eigenvalue weighted by atomic mass is 10.1. The minimum atomic E-state index is -4.54. The standard InChI is InChI=1S/C12H12ClF3N2O/c13-9-4-3-7(6-8(9)12(14,15)16)18-11(19)10-2-1-5-17-10/h3-4,6,10,17H,1-2,5H2,(H,18,19)/t10-/m1/s1. The molecule has 1 aromatic rings. The lowest BCUT2D eigenvalue weighted by molar-refractivity contribution is -0.137. The van der Waals surface area contributed by atoms with Crippen LogP contribution in [0, 0.1) is 0 Å². The monoisotopic (exact) mass is 292 g/mol. The van der Waals surface area contributed by atoms with Gasteiger partial charge in [-0.15, -0.1) is 0 Å². The van der Waals surface area contributed by atoms with E-state index in [2.05, 4.69) is 10.6 Å². The second-order valence-corrected chi connectivity index (χ2v) is 4.74. The van der Waals surface area contributed by atoms with Gasteiger partial charge in [-0.05, 0) is 37.6 Å². The van der Waals surface area contributed by atoms with Crippen molar-refractivity contribution in [1.82, 2.24) is 5.32 Å². The molecule has 7 heteroatoms. The van der Waals surface area contributed by atoms with Crippen molar-refractivity contribution in [3.63, 3.8) is 0 Å². The van der Waals surface area contributed by atoms with Crippen molar-refractivity contribution < 1.29 is 18.0 Å². The summed E-state index contributed by atoms with van der Waals surface area (Å²) in [7, 11) is 0. The number of anilines is 1. The number of hydrogen-bond acceptors (Lipinski definition) is 2. The molecule has 0 bridgehead atoms. The molecular formula is C12H12ClF3N2O. The lowest BCUT2D eigenvalue weighted by Crippen LogP contribution is -2.35. The number of halogens is 4. The van der Waals surface area contributed by atoms with E-state index in [0.29, 0.717) is 6.42 Å². The van der Waals surface area contributed by atoms with E-state index in [0.717, 1.165) is 25.1 Å². The minimum Gasteiger partial charge on any atom is -0.325 e. The van der Waals surface area contributed by atoms with Crippen LogP contribution in [0.5, 0.6) is 0 Å². The van der Waals surface area contributed by atoms with Crippen LogP contribution in [0.2, 0.25) is 5.02 Å². The Morgan fingerprint density at radius 2 is 2.16 bits per heavy atom. The Balaban J connectivity index is 2.15. The Morgan fingerprint density at radius 1 is 1.42 bits per heavy atom. The van der Waals surface area contributed by atoms with E-state index in [-0.39, 0.29) is 22.7 Å². The van der Waals surface area contributed by atoms with Gasteiger partial charge in [-0.25, -0.2) is 0 Å². The van der Waals surface area contributed by atoms with Crippen LogP contribution < -0.4 is 10.6 Å². The summed E-state index contributed by atoms with van der Waals surface area (Å²) in [6.45, 7) is 0.743. The summed E-state index contributed by atoms with van der Waals surface area (Å²) >= 11 is 5.50. The second-order valence-electron chi connectivity index (χ2n) is 4.33. The van der Waals surface area contributed by atoms with Crippen molar-refractivity contribution in [3.05, 3.63) is 28.8 Å². The predicted octanol–water partition coefficient (Wildman–Crippen LogP) is 3.05. The quantitative estimate of drug-likeness (QED) is 0.879. The highest BCUT2D eigenvalue weighted by molar-refractivity contribution is 6.31. The fourth-order valence-corrected chi connectivity index (χ4v) is 2.18. The van der Waals surface area contributed by atoms with Crippen molar-refractivity contribution in [2.75, 3.05) is 11.9 Å². The number of benzene rings is 1. The van der Waals surface area contributed by atoms with E-state index in [1.54, 1.807) is 0 Å². The number of amides is 1. The van der Waals surface area contributed by atoms with E-state index in [9.17, 15) is 18.0 Å². The minimum absolute atomic E-state index is 0.0930. The molecule has 1 amide bonds. The first kappa shape index (κ1) is 14.1. The van der Waals surface area contributed by atoms with E-state index in [1.807, 2.05) is 0 Å². The molecule has 104 valence electrons. The fourth-order valence-electron chi connectivity index (χ4n) is 1.96.